The minimum atomic E-state index is 0.0894. The summed E-state index contributed by atoms with van der Waals surface area (Å²) in [6, 6.07) is 9.37. The van der Waals surface area contributed by atoms with Gasteiger partial charge in [-0.05, 0) is 54.0 Å². The lowest BCUT2D eigenvalue weighted by Crippen LogP contribution is -2.30. The van der Waals surface area contributed by atoms with Crippen molar-refractivity contribution in [3.63, 3.8) is 0 Å². The summed E-state index contributed by atoms with van der Waals surface area (Å²) in [5, 5.41) is 2.66. The summed E-state index contributed by atoms with van der Waals surface area (Å²) in [4.78, 5) is 15.1. The van der Waals surface area contributed by atoms with Crippen molar-refractivity contribution in [2.75, 3.05) is 20.2 Å². The number of carbonyl (C=O) groups is 1. The van der Waals surface area contributed by atoms with Gasteiger partial charge < -0.3 is 9.64 Å². The molecule has 0 spiro atoms. The predicted molar refractivity (Wildman–Crippen MR) is 90.2 cm³/mol. The van der Waals surface area contributed by atoms with Gasteiger partial charge in [-0.15, -0.1) is 11.3 Å². The normalized spacial score (nSPS) is 13.9. The molecule has 1 aliphatic carbocycles. The van der Waals surface area contributed by atoms with E-state index in [9.17, 15) is 4.79 Å². The lowest BCUT2D eigenvalue weighted by Gasteiger charge is -2.17. The first-order valence-corrected chi connectivity index (χ1v) is 8.62. The molecule has 0 bridgehead atoms. The molecule has 2 aromatic rings. The van der Waals surface area contributed by atoms with Gasteiger partial charge in [-0.1, -0.05) is 17.7 Å². The van der Waals surface area contributed by atoms with Crippen molar-refractivity contribution in [3.05, 3.63) is 51.2 Å². The van der Waals surface area contributed by atoms with Crippen LogP contribution in [0.3, 0.4) is 0 Å². The Bertz CT molecular complexity index is 666. The van der Waals surface area contributed by atoms with Gasteiger partial charge in [0.05, 0.1) is 11.4 Å². The van der Waals surface area contributed by atoms with Gasteiger partial charge in [0.15, 0.2) is 0 Å². The highest BCUT2D eigenvalue weighted by Crippen LogP contribution is 2.43. The number of carbonyl (C=O) groups excluding carboxylic acids is 1. The molecule has 1 saturated carbocycles. The fourth-order valence-corrected chi connectivity index (χ4v) is 3.50. The number of hydrogen-bond donors (Lipinski definition) is 0. The van der Waals surface area contributed by atoms with Crippen LogP contribution >= 0.6 is 22.9 Å². The first-order valence-electron chi connectivity index (χ1n) is 7.36. The van der Waals surface area contributed by atoms with Crippen LogP contribution in [0.1, 0.15) is 34.0 Å². The van der Waals surface area contributed by atoms with Crippen molar-refractivity contribution in [2.24, 2.45) is 0 Å². The quantitative estimate of drug-likeness (QED) is 0.781. The van der Waals surface area contributed by atoms with Crippen molar-refractivity contribution in [2.45, 2.75) is 18.8 Å². The first kappa shape index (κ1) is 15.4. The average Bonchev–Trinajstić information content (AvgIpc) is 3.23. The van der Waals surface area contributed by atoms with E-state index in [0.717, 1.165) is 10.6 Å². The topological polar surface area (TPSA) is 29.5 Å². The SMILES string of the molecule is CN(CCOc1cccc(Cl)c1)C(=O)c1sccc1C1CC1. The number of amides is 1. The van der Waals surface area contributed by atoms with E-state index in [2.05, 4.69) is 6.07 Å². The van der Waals surface area contributed by atoms with Crippen LogP contribution in [0.25, 0.3) is 0 Å². The highest BCUT2D eigenvalue weighted by atomic mass is 35.5. The molecule has 0 unspecified atom stereocenters. The summed E-state index contributed by atoms with van der Waals surface area (Å²) in [5.41, 5.74) is 1.22. The molecule has 3 rings (SSSR count). The van der Waals surface area contributed by atoms with E-state index in [-0.39, 0.29) is 5.91 Å². The number of benzene rings is 1. The summed E-state index contributed by atoms with van der Waals surface area (Å²) in [7, 11) is 1.82. The van der Waals surface area contributed by atoms with E-state index >= 15 is 0 Å². The van der Waals surface area contributed by atoms with Gasteiger partial charge in [-0.3, -0.25) is 4.79 Å². The zero-order valence-corrected chi connectivity index (χ0v) is 14.0. The molecule has 0 saturated heterocycles. The van der Waals surface area contributed by atoms with E-state index in [1.165, 1.54) is 29.7 Å². The summed E-state index contributed by atoms with van der Waals surface area (Å²) in [5.74, 6) is 1.41. The number of halogens is 1. The molecule has 1 fully saturated rings. The molecule has 1 amide bonds. The van der Waals surface area contributed by atoms with Crippen molar-refractivity contribution in [3.8, 4) is 5.75 Å². The average molecular weight is 336 g/mol. The van der Waals surface area contributed by atoms with Crippen LogP contribution in [-0.2, 0) is 0 Å². The lowest BCUT2D eigenvalue weighted by molar-refractivity contribution is 0.0777. The Labute approximate surface area is 139 Å². The Morgan fingerprint density at radius 1 is 1.41 bits per heavy atom. The zero-order valence-electron chi connectivity index (χ0n) is 12.4. The molecule has 3 nitrogen and oxygen atoms in total. The number of ether oxygens (including phenoxy) is 1. The number of likely N-dealkylation sites (N-methyl/N-ethyl adjacent to an activating group) is 1. The number of thiophene rings is 1. The highest BCUT2D eigenvalue weighted by molar-refractivity contribution is 7.12. The largest absolute Gasteiger partial charge is 0.492 e. The van der Waals surface area contributed by atoms with Crippen LogP contribution < -0.4 is 4.74 Å². The third-order valence-electron chi connectivity index (χ3n) is 3.75. The third-order valence-corrected chi connectivity index (χ3v) is 4.90. The monoisotopic (exact) mass is 335 g/mol. The van der Waals surface area contributed by atoms with Gasteiger partial charge in [0.1, 0.15) is 12.4 Å². The molecule has 22 heavy (non-hydrogen) atoms. The standard InChI is InChI=1S/C17H18ClNO2S/c1-19(8-9-21-14-4-2-3-13(18)11-14)17(20)16-15(7-10-22-16)12-5-6-12/h2-4,7,10-12H,5-6,8-9H2,1H3. The summed E-state index contributed by atoms with van der Waals surface area (Å²) in [6.07, 6.45) is 2.41. The summed E-state index contributed by atoms with van der Waals surface area (Å²) >= 11 is 7.45. The van der Waals surface area contributed by atoms with Crippen molar-refractivity contribution >= 4 is 28.8 Å². The van der Waals surface area contributed by atoms with E-state index in [0.29, 0.717) is 24.1 Å². The van der Waals surface area contributed by atoms with Crippen LogP contribution in [-0.4, -0.2) is 31.0 Å². The molecule has 0 N–H and O–H groups in total. The molecule has 1 aliphatic rings. The van der Waals surface area contributed by atoms with Gasteiger partial charge in [0.2, 0.25) is 0 Å². The number of rotatable bonds is 6. The molecule has 116 valence electrons. The Kier molecular flexibility index (Phi) is 4.69. The summed E-state index contributed by atoms with van der Waals surface area (Å²) < 4.78 is 5.64. The van der Waals surface area contributed by atoms with Gasteiger partial charge in [0.25, 0.3) is 5.91 Å². The van der Waals surface area contributed by atoms with Gasteiger partial charge in [-0.25, -0.2) is 0 Å². The molecule has 0 radical (unpaired) electrons. The Balaban J connectivity index is 1.54. The maximum atomic E-state index is 12.5. The molecular weight excluding hydrogens is 318 g/mol. The molecule has 0 atom stereocenters. The number of hydrogen-bond acceptors (Lipinski definition) is 3. The van der Waals surface area contributed by atoms with Crippen molar-refractivity contribution < 1.29 is 9.53 Å². The molecular formula is C17H18ClNO2S. The Morgan fingerprint density at radius 2 is 2.23 bits per heavy atom. The third kappa shape index (κ3) is 3.62. The van der Waals surface area contributed by atoms with Crippen LogP contribution in [0.5, 0.6) is 5.75 Å². The van der Waals surface area contributed by atoms with Crippen LogP contribution in [0.4, 0.5) is 0 Å². The maximum Gasteiger partial charge on any atom is 0.264 e. The minimum absolute atomic E-state index is 0.0894. The van der Waals surface area contributed by atoms with E-state index < -0.39 is 0 Å². The predicted octanol–water partition coefficient (Wildman–Crippen LogP) is 4.43. The Morgan fingerprint density at radius 3 is 2.95 bits per heavy atom. The van der Waals surface area contributed by atoms with Crippen LogP contribution in [0, 0.1) is 0 Å². The second-order valence-electron chi connectivity index (χ2n) is 5.51. The van der Waals surface area contributed by atoms with Crippen LogP contribution in [0.2, 0.25) is 5.02 Å². The molecule has 0 aliphatic heterocycles. The minimum Gasteiger partial charge on any atom is -0.492 e. The fraction of sp³-hybridized carbons (Fsp3) is 0.353. The summed E-state index contributed by atoms with van der Waals surface area (Å²) in [6.45, 7) is 1.00. The molecule has 1 aromatic carbocycles. The highest BCUT2D eigenvalue weighted by Gasteiger charge is 2.29. The van der Waals surface area contributed by atoms with Gasteiger partial charge in [0, 0.05) is 12.1 Å². The second-order valence-corrected chi connectivity index (χ2v) is 6.86. The zero-order chi connectivity index (χ0) is 15.5. The van der Waals surface area contributed by atoms with Gasteiger partial charge >= 0.3 is 0 Å². The van der Waals surface area contributed by atoms with Crippen LogP contribution in [0.15, 0.2) is 35.7 Å². The molecule has 1 heterocycles. The lowest BCUT2D eigenvalue weighted by atomic mass is 10.1. The Hall–Kier alpha value is -1.52. The van der Waals surface area contributed by atoms with Crippen molar-refractivity contribution in [1.29, 1.82) is 0 Å². The van der Waals surface area contributed by atoms with Crippen molar-refractivity contribution in [1.82, 2.24) is 4.90 Å². The molecule has 1 aromatic heterocycles. The fourth-order valence-electron chi connectivity index (χ4n) is 2.34. The maximum absolute atomic E-state index is 12.5. The van der Waals surface area contributed by atoms with E-state index in [1.54, 1.807) is 17.0 Å². The number of nitrogens with zero attached hydrogens (tertiary/aromatic N) is 1. The van der Waals surface area contributed by atoms with Gasteiger partial charge in [-0.2, -0.15) is 0 Å². The second kappa shape index (κ2) is 6.71. The first-order chi connectivity index (χ1) is 10.6. The molecule has 5 heteroatoms. The van der Waals surface area contributed by atoms with E-state index in [1.807, 2.05) is 24.6 Å². The smallest absolute Gasteiger partial charge is 0.264 e. The van der Waals surface area contributed by atoms with E-state index in [4.69, 9.17) is 16.3 Å².